The van der Waals surface area contributed by atoms with Gasteiger partial charge in [-0.15, -0.1) is 0 Å². The van der Waals surface area contributed by atoms with Gasteiger partial charge in [0.05, 0.1) is 6.54 Å². The highest BCUT2D eigenvalue weighted by atomic mass is 16.2. The number of hydrogen-bond acceptors (Lipinski definition) is 4. The number of carbonyl (C=O) groups is 2. The quantitative estimate of drug-likeness (QED) is 0.558. The van der Waals surface area contributed by atoms with Gasteiger partial charge in [-0.05, 0) is 45.4 Å². The van der Waals surface area contributed by atoms with Crippen LogP contribution in [0.3, 0.4) is 0 Å². The molecule has 1 aliphatic heterocycles. The van der Waals surface area contributed by atoms with E-state index in [9.17, 15) is 9.59 Å². The number of carbonyl (C=O) groups excluding carboxylic acids is 2. The molecule has 0 aromatic carbocycles. The predicted octanol–water partition coefficient (Wildman–Crippen LogP) is -0.915. The maximum absolute atomic E-state index is 11.4. The lowest BCUT2D eigenvalue weighted by Crippen LogP contribution is -2.47. The second kappa shape index (κ2) is 7.24. The molecule has 0 spiro atoms. The summed E-state index contributed by atoms with van der Waals surface area (Å²) in [5.41, 5.74) is 4.66. The van der Waals surface area contributed by atoms with E-state index in [4.69, 9.17) is 0 Å². The summed E-state index contributed by atoms with van der Waals surface area (Å²) < 4.78 is 0. The van der Waals surface area contributed by atoms with Gasteiger partial charge in [0.15, 0.2) is 0 Å². The van der Waals surface area contributed by atoms with Gasteiger partial charge in [-0.1, -0.05) is 0 Å². The Bertz CT molecular complexity index is 262. The largest absolute Gasteiger partial charge is 0.319 e. The Labute approximate surface area is 102 Å². The lowest BCUT2D eigenvalue weighted by Gasteiger charge is -2.31. The van der Waals surface area contributed by atoms with E-state index >= 15 is 0 Å². The molecule has 0 aromatic rings. The Hall–Kier alpha value is -1.14. The van der Waals surface area contributed by atoms with Gasteiger partial charge in [-0.3, -0.25) is 25.3 Å². The Morgan fingerprint density at radius 3 is 2.41 bits per heavy atom. The minimum absolute atomic E-state index is 0.160. The fraction of sp³-hybridized carbons (Fsp3) is 0.818. The molecule has 6 nitrogen and oxygen atoms in total. The molecule has 0 bridgehead atoms. The minimum Gasteiger partial charge on any atom is -0.319 e. The molecule has 0 saturated carbocycles. The van der Waals surface area contributed by atoms with Crippen LogP contribution in [-0.2, 0) is 9.59 Å². The fourth-order valence-corrected chi connectivity index (χ4v) is 2.04. The van der Waals surface area contributed by atoms with Crippen molar-refractivity contribution in [2.75, 3.05) is 33.2 Å². The van der Waals surface area contributed by atoms with Gasteiger partial charge < -0.3 is 5.32 Å². The topological polar surface area (TPSA) is 73.5 Å². The lowest BCUT2D eigenvalue weighted by molar-refractivity contribution is -0.128. The van der Waals surface area contributed by atoms with Crippen LogP contribution in [0.2, 0.25) is 0 Å². The van der Waals surface area contributed by atoms with Crippen molar-refractivity contribution >= 4 is 11.8 Å². The van der Waals surface area contributed by atoms with Crippen molar-refractivity contribution in [2.45, 2.75) is 19.8 Å². The van der Waals surface area contributed by atoms with E-state index < -0.39 is 0 Å². The van der Waals surface area contributed by atoms with Crippen molar-refractivity contribution in [3.05, 3.63) is 0 Å². The summed E-state index contributed by atoms with van der Waals surface area (Å²) in [4.78, 5) is 24.2. The first-order valence-electron chi connectivity index (χ1n) is 6.04. The third-order valence-corrected chi connectivity index (χ3v) is 2.95. The molecule has 2 amide bonds. The van der Waals surface area contributed by atoms with Gasteiger partial charge >= 0.3 is 0 Å². The van der Waals surface area contributed by atoms with Gasteiger partial charge in [0.25, 0.3) is 5.91 Å². The van der Waals surface area contributed by atoms with Crippen molar-refractivity contribution < 1.29 is 9.59 Å². The molecular weight excluding hydrogens is 220 g/mol. The zero-order valence-electron chi connectivity index (χ0n) is 10.6. The lowest BCUT2D eigenvalue weighted by atomic mass is 9.97. The maximum atomic E-state index is 11.4. The molecule has 0 atom stereocenters. The maximum Gasteiger partial charge on any atom is 0.252 e. The summed E-state index contributed by atoms with van der Waals surface area (Å²) in [7, 11) is 1.97. The van der Waals surface area contributed by atoms with Crippen molar-refractivity contribution in [3.8, 4) is 0 Å². The van der Waals surface area contributed by atoms with Crippen LogP contribution in [0.15, 0.2) is 0 Å². The van der Waals surface area contributed by atoms with Gasteiger partial charge in [0.1, 0.15) is 0 Å². The average molecular weight is 242 g/mol. The molecule has 3 N–H and O–H groups in total. The zero-order chi connectivity index (χ0) is 12.7. The first kappa shape index (κ1) is 13.9. The fourth-order valence-electron chi connectivity index (χ4n) is 2.04. The smallest absolute Gasteiger partial charge is 0.252 e. The number of piperidine rings is 1. The van der Waals surface area contributed by atoms with Crippen LogP contribution in [0.4, 0.5) is 0 Å². The van der Waals surface area contributed by atoms with Crippen molar-refractivity contribution in [1.29, 1.82) is 0 Å². The number of rotatable bonds is 4. The first-order valence-corrected chi connectivity index (χ1v) is 6.04. The highest BCUT2D eigenvalue weighted by Gasteiger charge is 2.20. The summed E-state index contributed by atoms with van der Waals surface area (Å²) in [6.45, 7) is 4.65. The van der Waals surface area contributed by atoms with Crippen molar-refractivity contribution in [2.24, 2.45) is 5.92 Å². The number of nitrogens with one attached hydrogen (secondary N) is 3. The minimum atomic E-state index is -0.258. The number of hydrazine groups is 1. The summed E-state index contributed by atoms with van der Waals surface area (Å²) in [6, 6.07) is 0. The van der Waals surface area contributed by atoms with Crippen LogP contribution in [0.1, 0.15) is 19.8 Å². The van der Waals surface area contributed by atoms with Crippen LogP contribution in [0.5, 0.6) is 0 Å². The predicted molar refractivity (Wildman–Crippen MR) is 65.1 cm³/mol. The first-order chi connectivity index (χ1) is 8.11. The third kappa shape index (κ3) is 5.65. The highest BCUT2D eigenvalue weighted by Crippen LogP contribution is 2.15. The van der Waals surface area contributed by atoms with Crippen LogP contribution < -0.4 is 16.2 Å². The van der Waals surface area contributed by atoms with E-state index in [1.54, 1.807) is 0 Å². The molecule has 1 aliphatic rings. The van der Waals surface area contributed by atoms with E-state index in [0.29, 0.717) is 6.54 Å². The molecule has 98 valence electrons. The van der Waals surface area contributed by atoms with E-state index in [2.05, 4.69) is 21.1 Å². The summed E-state index contributed by atoms with van der Waals surface area (Å²) in [6.07, 6.45) is 2.24. The molecule has 17 heavy (non-hydrogen) atoms. The number of nitrogens with zero attached hydrogens (tertiary/aromatic N) is 1. The summed E-state index contributed by atoms with van der Waals surface area (Å²) in [5.74, 6) is 0.299. The molecule has 0 radical (unpaired) electrons. The molecule has 6 heteroatoms. The second-order valence-electron chi connectivity index (χ2n) is 4.51. The van der Waals surface area contributed by atoms with Crippen molar-refractivity contribution in [3.63, 3.8) is 0 Å². The summed E-state index contributed by atoms with van der Waals surface area (Å²) >= 11 is 0. The van der Waals surface area contributed by atoms with Crippen molar-refractivity contribution in [1.82, 2.24) is 21.1 Å². The van der Waals surface area contributed by atoms with E-state index in [1.807, 2.05) is 7.05 Å². The Morgan fingerprint density at radius 1 is 1.24 bits per heavy atom. The zero-order valence-corrected chi connectivity index (χ0v) is 10.6. The standard InChI is InChI=1S/C11H22N4O2/c1-9(16)13-14-11(17)8-15-5-3-10(4-6-15)7-12-2/h10,12H,3-8H2,1-2H3,(H,13,16)(H,14,17). The van der Waals surface area contributed by atoms with Gasteiger partial charge in [0, 0.05) is 6.92 Å². The average Bonchev–Trinajstić information content (AvgIpc) is 2.29. The SMILES string of the molecule is CNCC1CCN(CC(=O)NNC(C)=O)CC1. The number of hydrogen-bond donors (Lipinski definition) is 3. The highest BCUT2D eigenvalue weighted by molar-refractivity contribution is 5.81. The molecule has 1 fully saturated rings. The molecule has 0 aromatic heterocycles. The molecule has 1 saturated heterocycles. The normalized spacial score (nSPS) is 17.8. The molecule has 0 unspecified atom stereocenters. The number of likely N-dealkylation sites (tertiary alicyclic amines) is 1. The number of amides is 2. The van der Waals surface area contributed by atoms with E-state index in [1.165, 1.54) is 6.92 Å². The molecular formula is C11H22N4O2. The van der Waals surface area contributed by atoms with E-state index in [0.717, 1.165) is 38.4 Å². The molecule has 1 heterocycles. The van der Waals surface area contributed by atoms with Gasteiger partial charge in [-0.2, -0.15) is 0 Å². The Kier molecular flexibility index (Phi) is 5.93. The van der Waals surface area contributed by atoms with Crippen LogP contribution >= 0.6 is 0 Å². The summed E-state index contributed by atoms with van der Waals surface area (Å²) in [5, 5.41) is 3.18. The monoisotopic (exact) mass is 242 g/mol. The van der Waals surface area contributed by atoms with Gasteiger partial charge in [0.2, 0.25) is 5.91 Å². The molecule has 0 aliphatic carbocycles. The van der Waals surface area contributed by atoms with E-state index in [-0.39, 0.29) is 11.8 Å². The van der Waals surface area contributed by atoms with Crippen LogP contribution in [-0.4, -0.2) is 49.9 Å². The van der Waals surface area contributed by atoms with Gasteiger partial charge in [-0.25, -0.2) is 0 Å². The molecule has 1 rings (SSSR count). The Morgan fingerprint density at radius 2 is 1.88 bits per heavy atom. The second-order valence-corrected chi connectivity index (χ2v) is 4.51. The third-order valence-electron chi connectivity index (χ3n) is 2.95. The Balaban J connectivity index is 2.17. The van der Waals surface area contributed by atoms with Crippen LogP contribution in [0.25, 0.3) is 0 Å². The van der Waals surface area contributed by atoms with Crippen LogP contribution in [0, 0.1) is 5.92 Å².